The highest BCUT2D eigenvalue weighted by Crippen LogP contribution is 2.27. The lowest BCUT2D eigenvalue weighted by Gasteiger charge is -2.21. The number of nitro groups is 1. The summed E-state index contributed by atoms with van der Waals surface area (Å²) >= 11 is 0. The fraction of sp³-hybridized carbons (Fsp3) is 0.200. The Morgan fingerprint density at radius 1 is 1.25 bits per heavy atom. The molecule has 2 rings (SSSR count). The van der Waals surface area contributed by atoms with Gasteiger partial charge in [-0.2, -0.15) is 0 Å². The smallest absolute Gasteiger partial charge is 0.271 e. The molecule has 0 aliphatic carbocycles. The summed E-state index contributed by atoms with van der Waals surface area (Å²) < 4.78 is 0. The van der Waals surface area contributed by atoms with Crippen LogP contribution in [-0.4, -0.2) is 12.0 Å². The van der Waals surface area contributed by atoms with Crippen molar-refractivity contribution < 1.29 is 4.92 Å². The van der Waals surface area contributed by atoms with Gasteiger partial charge in [0.05, 0.1) is 16.3 Å². The minimum Gasteiger partial charge on any atom is -0.397 e. The molecule has 0 fully saturated rings. The van der Waals surface area contributed by atoms with E-state index in [1.165, 1.54) is 23.3 Å². The van der Waals surface area contributed by atoms with Crippen molar-refractivity contribution in [3.8, 4) is 0 Å². The third kappa shape index (κ3) is 3.06. The van der Waals surface area contributed by atoms with Gasteiger partial charge in [0.15, 0.2) is 0 Å². The second kappa shape index (κ2) is 5.61. The predicted molar refractivity (Wildman–Crippen MR) is 80.8 cm³/mol. The molecule has 0 spiro atoms. The number of nitrogens with two attached hydrogens (primary N) is 1. The van der Waals surface area contributed by atoms with Gasteiger partial charge in [0.25, 0.3) is 5.69 Å². The first-order valence-electron chi connectivity index (χ1n) is 6.28. The number of aryl methyl sites for hydroxylation is 1. The second-order valence-corrected chi connectivity index (χ2v) is 4.85. The average molecular weight is 271 g/mol. The molecule has 0 aromatic heterocycles. The van der Waals surface area contributed by atoms with Crippen molar-refractivity contribution in [2.24, 2.45) is 0 Å². The number of anilines is 2. The van der Waals surface area contributed by atoms with Crippen LogP contribution in [0, 0.1) is 17.0 Å². The van der Waals surface area contributed by atoms with Gasteiger partial charge in [0.2, 0.25) is 0 Å². The van der Waals surface area contributed by atoms with E-state index in [-0.39, 0.29) is 5.69 Å². The zero-order chi connectivity index (χ0) is 14.7. The van der Waals surface area contributed by atoms with Gasteiger partial charge in [-0.15, -0.1) is 0 Å². The van der Waals surface area contributed by atoms with Gasteiger partial charge in [-0.1, -0.05) is 29.8 Å². The highest BCUT2D eigenvalue weighted by Gasteiger charge is 2.11. The summed E-state index contributed by atoms with van der Waals surface area (Å²) in [6.45, 7) is 2.74. The van der Waals surface area contributed by atoms with E-state index in [4.69, 9.17) is 5.73 Å². The number of hydrogen-bond acceptors (Lipinski definition) is 4. The molecule has 2 aromatic rings. The molecule has 2 N–H and O–H groups in total. The summed E-state index contributed by atoms with van der Waals surface area (Å²) in [7, 11) is 1.92. The SMILES string of the molecule is Cc1cccc(CN(C)c2ccc([N+](=O)[O-])cc2N)c1. The lowest BCUT2D eigenvalue weighted by atomic mass is 10.1. The molecule has 0 saturated heterocycles. The molecule has 0 atom stereocenters. The molecule has 0 saturated carbocycles. The molecule has 104 valence electrons. The Labute approximate surface area is 117 Å². The lowest BCUT2D eigenvalue weighted by Crippen LogP contribution is -2.17. The van der Waals surface area contributed by atoms with Crippen LogP contribution in [0.1, 0.15) is 11.1 Å². The first-order valence-corrected chi connectivity index (χ1v) is 6.28. The molecular weight excluding hydrogens is 254 g/mol. The normalized spacial score (nSPS) is 10.3. The zero-order valence-electron chi connectivity index (χ0n) is 11.5. The molecule has 0 aliphatic rings. The van der Waals surface area contributed by atoms with Crippen LogP contribution in [0.4, 0.5) is 17.1 Å². The first-order chi connectivity index (χ1) is 9.47. The van der Waals surface area contributed by atoms with Crippen LogP contribution in [0.3, 0.4) is 0 Å². The number of benzene rings is 2. The van der Waals surface area contributed by atoms with Crippen LogP contribution in [0.2, 0.25) is 0 Å². The van der Waals surface area contributed by atoms with E-state index in [9.17, 15) is 10.1 Å². The van der Waals surface area contributed by atoms with Crippen molar-refractivity contribution in [3.63, 3.8) is 0 Å². The number of rotatable bonds is 4. The van der Waals surface area contributed by atoms with Crippen LogP contribution < -0.4 is 10.6 Å². The van der Waals surface area contributed by atoms with Crippen LogP contribution in [0.25, 0.3) is 0 Å². The van der Waals surface area contributed by atoms with Crippen LogP contribution in [0.5, 0.6) is 0 Å². The van der Waals surface area contributed by atoms with E-state index in [0.717, 1.165) is 5.69 Å². The summed E-state index contributed by atoms with van der Waals surface area (Å²) in [6.07, 6.45) is 0. The zero-order valence-corrected chi connectivity index (χ0v) is 11.5. The molecule has 0 radical (unpaired) electrons. The summed E-state index contributed by atoms with van der Waals surface area (Å²) in [4.78, 5) is 12.2. The third-order valence-electron chi connectivity index (χ3n) is 3.14. The maximum absolute atomic E-state index is 10.7. The number of nitrogen functional groups attached to an aromatic ring is 1. The molecule has 0 amide bonds. The van der Waals surface area contributed by atoms with Crippen LogP contribution in [-0.2, 0) is 6.54 Å². The average Bonchev–Trinajstić information content (AvgIpc) is 2.38. The third-order valence-corrected chi connectivity index (χ3v) is 3.14. The molecule has 5 heteroatoms. The standard InChI is InChI=1S/C15H17N3O2/c1-11-4-3-5-12(8-11)10-17(2)15-7-6-13(18(19)20)9-14(15)16/h3-9H,10,16H2,1-2H3. The van der Waals surface area contributed by atoms with Crippen molar-refractivity contribution in [2.45, 2.75) is 13.5 Å². The van der Waals surface area contributed by atoms with E-state index < -0.39 is 4.92 Å². The summed E-state index contributed by atoms with van der Waals surface area (Å²) in [5, 5.41) is 10.7. The Morgan fingerprint density at radius 3 is 2.60 bits per heavy atom. The molecule has 0 bridgehead atoms. The maximum Gasteiger partial charge on any atom is 0.271 e. The lowest BCUT2D eigenvalue weighted by molar-refractivity contribution is -0.384. The van der Waals surface area contributed by atoms with Gasteiger partial charge in [-0.05, 0) is 18.6 Å². The van der Waals surface area contributed by atoms with Gasteiger partial charge in [0.1, 0.15) is 0 Å². The van der Waals surface area contributed by atoms with Gasteiger partial charge >= 0.3 is 0 Å². The van der Waals surface area contributed by atoms with Crippen LogP contribution in [0.15, 0.2) is 42.5 Å². The number of nitro benzene ring substituents is 1. The molecule has 5 nitrogen and oxygen atoms in total. The molecule has 0 unspecified atom stereocenters. The maximum atomic E-state index is 10.7. The summed E-state index contributed by atoms with van der Waals surface area (Å²) in [5.74, 6) is 0. The van der Waals surface area contributed by atoms with Crippen molar-refractivity contribution in [1.29, 1.82) is 0 Å². The summed E-state index contributed by atoms with van der Waals surface area (Å²) in [6, 6.07) is 12.8. The molecule has 0 heterocycles. The first kappa shape index (κ1) is 13.9. The molecule has 20 heavy (non-hydrogen) atoms. The predicted octanol–water partition coefficient (Wildman–Crippen LogP) is 3.12. The molecular formula is C15H17N3O2. The Bertz CT molecular complexity index is 641. The minimum atomic E-state index is -0.444. The fourth-order valence-corrected chi connectivity index (χ4v) is 2.17. The Hall–Kier alpha value is -2.56. The van der Waals surface area contributed by atoms with Gasteiger partial charge in [0, 0.05) is 25.7 Å². The largest absolute Gasteiger partial charge is 0.397 e. The quantitative estimate of drug-likeness (QED) is 0.527. The van der Waals surface area contributed by atoms with Crippen molar-refractivity contribution >= 4 is 17.1 Å². The van der Waals surface area contributed by atoms with Crippen molar-refractivity contribution in [1.82, 2.24) is 0 Å². The van der Waals surface area contributed by atoms with Crippen LogP contribution >= 0.6 is 0 Å². The van der Waals surface area contributed by atoms with E-state index >= 15 is 0 Å². The Kier molecular flexibility index (Phi) is 3.89. The second-order valence-electron chi connectivity index (χ2n) is 4.85. The highest BCUT2D eigenvalue weighted by atomic mass is 16.6. The van der Waals surface area contributed by atoms with E-state index in [0.29, 0.717) is 12.2 Å². The van der Waals surface area contributed by atoms with Crippen molar-refractivity contribution in [3.05, 3.63) is 63.7 Å². The minimum absolute atomic E-state index is 0.00945. The van der Waals surface area contributed by atoms with Crippen molar-refractivity contribution in [2.75, 3.05) is 17.7 Å². The van der Waals surface area contributed by atoms with E-state index in [1.807, 2.05) is 37.1 Å². The number of nitrogens with zero attached hydrogens (tertiary/aromatic N) is 2. The fourth-order valence-electron chi connectivity index (χ4n) is 2.17. The number of non-ortho nitro benzene ring substituents is 1. The van der Waals surface area contributed by atoms with Gasteiger partial charge < -0.3 is 10.6 Å². The molecule has 0 aliphatic heterocycles. The van der Waals surface area contributed by atoms with Gasteiger partial charge in [-0.25, -0.2) is 0 Å². The van der Waals surface area contributed by atoms with E-state index in [1.54, 1.807) is 6.07 Å². The Balaban J connectivity index is 2.21. The highest BCUT2D eigenvalue weighted by molar-refractivity contribution is 5.70. The van der Waals surface area contributed by atoms with Gasteiger partial charge in [-0.3, -0.25) is 10.1 Å². The number of hydrogen-bond donors (Lipinski definition) is 1. The molecule has 2 aromatic carbocycles. The monoisotopic (exact) mass is 271 g/mol. The topological polar surface area (TPSA) is 72.4 Å². The van der Waals surface area contributed by atoms with E-state index in [2.05, 4.69) is 6.07 Å². The summed E-state index contributed by atoms with van der Waals surface area (Å²) in [5.41, 5.74) is 9.48. The Morgan fingerprint density at radius 2 is 2.00 bits per heavy atom.